The summed E-state index contributed by atoms with van der Waals surface area (Å²) in [6, 6.07) is 13.7. The molecule has 2 aromatic carbocycles. The highest BCUT2D eigenvalue weighted by Crippen LogP contribution is 2.33. The van der Waals surface area contributed by atoms with Gasteiger partial charge in [0.05, 0.1) is 11.4 Å². The van der Waals surface area contributed by atoms with E-state index in [-0.39, 0.29) is 0 Å². The maximum absolute atomic E-state index is 5.82. The quantitative estimate of drug-likeness (QED) is 0.507. The average molecular weight is 216 g/mol. The van der Waals surface area contributed by atoms with Crippen molar-refractivity contribution < 1.29 is 0 Å². The standard InChI is InChI=1S/C12H12N2S/c13-10-7-6-9(12(15)11(10)14)8-4-2-1-3-5-8/h1-7,15H,13-14H2. The number of nitrogens with two attached hydrogens (primary N) is 2. The fourth-order valence-electron chi connectivity index (χ4n) is 1.47. The third kappa shape index (κ3) is 1.78. The Kier molecular flexibility index (Phi) is 2.56. The Morgan fingerprint density at radius 3 is 2.20 bits per heavy atom. The number of hydrogen-bond donors (Lipinski definition) is 3. The second-order valence-corrected chi connectivity index (χ2v) is 3.78. The number of rotatable bonds is 1. The Labute approximate surface area is 94.3 Å². The summed E-state index contributed by atoms with van der Waals surface area (Å²) in [5.74, 6) is 0. The van der Waals surface area contributed by atoms with Gasteiger partial charge < -0.3 is 11.5 Å². The minimum absolute atomic E-state index is 0.541. The van der Waals surface area contributed by atoms with Crippen LogP contribution >= 0.6 is 12.6 Å². The third-order valence-corrected chi connectivity index (χ3v) is 2.82. The minimum Gasteiger partial charge on any atom is -0.397 e. The molecule has 0 aliphatic rings. The molecule has 0 unspecified atom stereocenters. The van der Waals surface area contributed by atoms with E-state index in [0.717, 1.165) is 16.0 Å². The molecule has 0 saturated carbocycles. The predicted molar refractivity (Wildman–Crippen MR) is 68.0 cm³/mol. The van der Waals surface area contributed by atoms with Gasteiger partial charge in [0.2, 0.25) is 0 Å². The predicted octanol–water partition coefficient (Wildman–Crippen LogP) is 2.81. The molecule has 2 nitrogen and oxygen atoms in total. The van der Waals surface area contributed by atoms with Crippen molar-refractivity contribution in [2.24, 2.45) is 0 Å². The van der Waals surface area contributed by atoms with E-state index in [0.29, 0.717) is 11.4 Å². The van der Waals surface area contributed by atoms with Crippen molar-refractivity contribution in [1.82, 2.24) is 0 Å². The lowest BCUT2D eigenvalue weighted by Gasteiger charge is -2.09. The van der Waals surface area contributed by atoms with Crippen molar-refractivity contribution >= 4 is 24.0 Å². The van der Waals surface area contributed by atoms with Crippen molar-refractivity contribution in [3.05, 3.63) is 42.5 Å². The van der Waals surface area contributed by atoms with Gasteiger partial charge in [-0.25, -0.2) is 0 Å². The summed E-state index contributed by atoms with van der Waals surface area (Å²) in [4.78, 5) is 0.737. The van der Waals surface area contributed by atoms with Crippen LogP contribution in [-0.2, 0) is 0 Å². The second-order valence-electron chi connectivity index (χ2n) is 3.33. The number of thiol groups is 1. The van der Waals surface area contributed by atoms with Crippen LogP contribution in [0.1, 0.15) is 0 Å². The van der Waals surface area contributed by atoms with Crippen LogP contribution in [0.2, 0.25) is 0 Å². The van der Waals surface area contributed by atoms with Gasteiger partial charge in [-0.3, -0.25) is 0 Å². The van der Waals surface area contributed by atoms with Gasteiger partial charge in [0.15, 0.2) is 0 Å². The maximum Gasteiger partial charge on any atom is 0.0689 e. The maximum atomic E-state index is 5.82. The van der Waals surface area contributed by atoms with Gasteiger partial charge in [0.25, 0.3) is 0 Å². The van der Waals surface area contributed by atoms with Crippen molar-refractivity contribution in [1.29, 1.82) is 0 Å². The molecule has 0 bridgehead atoms. The zero-order chi connectivity index (χ0) is 10.8. The molecule has 0 saturated heterocycles. The highest BCUT2D eigenvalue weighted by atomic mass is 32.1. The van der Waals surface area contributed by atoms with Crippen LogP contribution in [-0.4, -0.2) is 0 Å². The van der Waals surface area contributed by atoms with Crippen LogP contribution in [0.25, 0.3) is 11.1 Å². The highest BCUT2D eigenvalue weighted by molar-refractivity contribution is 7.80. The lowest BCUT2D eigenvalue weighted by Crippen LogP contribution is -1.96. The molecule has 15 heavy (non-hydrogen) atoms. The normalized spacial score (nSPS) is 10.2. The molecular weight excluding hydrogens is 204 g/mol. The van der Waals surface area contributed by atoms with E-state index in [4.69, 9.17) is 11.5 Å². The Bertz CT molecular complexity index is 480. The summed E-state index contributed by atoms with van der Waals surface area (Å²) in [6.07, 6.45) is 0. The first kappa shape index (κ1) is 9.93. The van der Waals surface area contributed by atoms with E-state index in [1.807, 2.05) is 36.4 Å². The molecule has 0 spiro atoms. The van der Waals surface area contributed by atoms with E-state index in [9.17, 15) is 0 Å². The summed E-state index contributed by atoms with van der Waals surface area (Å²) in [5.41, 5.74) is 14.7. The van der Waals surface area contributed by atoms with E-state index in [2.05, 4.69) is 12.6 Å². The fourth-order valence-corrected chi connectivity index (χ4v) is 1.81. The zero-order valence-electron chi connectivity index (χ0n) is 8.14. The molecule has 0 fully saturated rings. The van der Waals surface area contributed by atoms with Crippen molar-refractivity contribution in [3.63, 3.8) is 0 Å². The summed E-state index contributed by atoms with van der Waals surface area (Å²) in [7, 11) is 0. The second kappa shape index (κ2) is 3.87. The van der Waals surface area contributed by atoms with Crippen molar-refractivity contribution in [2.45, 2.75) is 4.90 Å². The van der Waals surface area contributed by atoms with E-state index >= 15 is 0 Å². The van der Waals surface area contributed by atoms with Gasteiger partial charge in [-0.1, -0.05) is 36.4 Å². The molecule has 3 heteroatoms. The van der Waals surface area contributed by atoms with Crippen LogP contribution in [0.3, 0.4) is 0 Å². The van der Waals surface area contributed by atoms with Gasteiger partial charge in [0, 0.05) is 4.90 Å². The molecular formula is C12H12N2S. The molecule has 0 amide bonds. The number of anilines is 2. The molecule has 2 aromatic rings. The molecule has 2 rings (SSSR count). The smallest absolute Gasteiger partial charge is 0.0689 e. The van der Waals surface area contributed by atoms with Crippen molar-refractivity contribution in [2.75, 3.05) is 11.5 Å². The Balaban J connectivity index is 2.60. The Hall–Kier alpha value is -1.61. The largest absolute Gasteiger partial charge is 0.397 e. The van der Waals surface area contributed by atoms with E-state index < -0.39 is 0 Å². The zero-order valence-corrected chi connectivity index (χ0v) is 9.04. The van der Waals surface area contributed by atoms with Crippen molar-refractivity contribution in [3.8, 4) is 11.1 Å². The lowest BCUT2D eigenvalue weighted by molar-refractivity contribution is 1.45. The molecule has 0 atom stereocenters. The summed E-state index contributed by atoms with van der Waals surface area (Å²) < 4.78 is 0. The van der Waals surface area contributed by atoms with E-state index in [1.54, 1.807) is 6.07 Å². The molecule has 4 N–H and O–H groups in total. The van der Waals surface area contributed by atoms with Crippen LogP contribution < -0.4 is 11.5 Å². The SMILES string of the molecule is Nc1ccc(-c2ccccc2)c(S)c1N. The molecule has 0 aromatic heterocycles. The Morgan fingerprint density at radius 1 is 0.867 bits per heavy atom. The molecule has 0 aliphatic heterocycles. The first-order chi connectivity index (χ1) is 7.20. The average Bonchev–Trinajstić information content (AvgIpc) is 2.27. The minimum atomic E-state index is 0.541. The van der Waals surface area contributed by atoms with Gasteiger partial charge >= 0.3 is 0 Å². The summed E-state index contributed by atoms with van der Waals surface area (Å²) in [6.45, 7) is 0. The molecule has 0 heterocycles. The van der Waals surface area contributed by atoms with Crippen LogP contribution in [0.15, 0.2) is 47.4 Å². The summed E-state index contributed by atoms with van der Waals surface area (Å²) in [5, 5.41) is 0. The topological polar surface area (TPSA) is 52.0 Å². The van der Waals surface area contributed by atoms with Gasteiger partial charge in [0.1, 0.15) is 0 Å². The molecule has 0 aliphatic carbocycles. The first-order valence-corrected chi connectivity index (χ1v) is 5.07. The third-order valence-electron chi connectivity index (χ3n) is 2.34. The molecule has 76 valence electrons. The fraction of sp³-hybridized carbons (Fsp3) is 0. The summed E-state index contributed by atoms with van der Waals surface area (Å²) >= 11 is 4.39. The van der Waals surface area contributed by atoms with Gasteiger partial charge in [-0.15, -0.1) is 12.6 Å². The van der Waals surface area contributed by atoms with Crippen LogP contribution in [0, 0.1) is 0 Å². The first-order valence-electron chi connectivity index (χ1n) is 4.62. The number of nitrogen functional groups attached to an aromatic ring is 2. The Morgan fingerprint density at radius 2 is 1.53 bits per heavy atom. The van der Waals surface area contributed by atoms with Gasteiger partial charge in [-0.2, -0.15) is 0 Å². The highest BCUT2D eigenvalue weighted by Gasteiger charge is 2.06. The number of benzene rings is 2. The van der Waals surface area contributed by atoms with Crippen LogP contribution in [0.4, 0.5) is 11.4 Å². The van der Waals surface area contributed by atoms with Gasteiger partial charge in [-0.05, 0) is 17.2 Å². The monoisotopic (exact) mass is 216 g/mol. The van der Waals surface area contributed by atoms with Crippen LogP contribution in [0.5, 0.6) is 0 Å². The van der Waals surface area contributed by atoms with E-state index in [1.165, 1.54) is 0 Å². The molecule has 0 radical (unpaired) electrons. The lowest BCUT2D eigenvalue weighted by atomic mass is 10.0. The number of hydrogen-bond acceptors (Lipinski definition) is 3.